The maximum atomic E-state index is 13.1. The molecule has 4 atom stereocenters. The fraction of sp³-hybridized carbons (Fsp3) is 0.481. The predicted molar refractivity (Wildman–Crippen MR) is 131 cm³/mol. The first-order chi connectivity index (χ1) is 17.0. The summed E-state index contributed by atoms with van der Waals surface area (Å²) in [5, 5.41) is 16.4. The van der Waals surface area contributed by atoms with Crippen LogP contribution in [0.2, 0.25) is 0 Å². The highest BCUT2D eigenvalue weighted by Crippen LogP contribution is 2.29. The Bertz CT molecular complexity index is 1010. The van der Waals surface area contributed by atoms with Crippen LogP contribution >= 0.6 is 0 Å². The van der Waals surface area contributed by atoms with Crippen LogP contribution < -0.4 is 10.6 Å². The lowest BCUT2D eigenvalue weighted by Crippen LogP contribution is -2.58. The Morgan fingerprint density at radius 2 is 1.69 bits per heavy atom. The van der Waals surface area contributed by atoms with Crippen molar-refractivity contribution in [1.82, 2.24) is 10.2 Å². The van der Waals surface area contributed by atoms with Gasteiger partial charge >= 0.3 is 6.03 Å². The molecule has 3 aliphatic rings. The number of rotatable bonds is 4. The van der Waals surface area contributed by atoms with Gasteiger partial charge in [-0.15, -0.1) is 0 Å². The summed E-state index contributed by atoms with van der Waals surface area (Å²) in [6, 6.07) is 17.2. The van der Waals surface area contributed by atoms with E-state index in [0.29, 0.717) is 18.5 Å². The van der Waals surface area contributed by atoms with Gasteiger partial charge in [-0.1, -0.05) is 42.5 Å². The first-order valence-electron chi connectivity index (χ1n) is 12.4. The van der Waals surface area contributed by atoms with Gasteiger partial charge in [0, 0.05) is 11.7 Å². The number of carbonyl (C=O) groups excluding carboxylic acids is 2. The molecule has 0 radical (unpaired) electrons. The number of hydrogen-bond acceptors (Lipinski definition) is 5. The van der Waals surface area contributed by atoms with Crippen molar-refractivity contribution in [1.29, 1.82) is 0 Å². The van der Waals surface area contributed by atoms with Gasteiger partial charge in [-0.25, -0.2) is 4.79 Å². The number of urea groups is 1. The number of benzene rings is 2. The summed E-state index contributed by atoms with van der Waals surface area (Å²) in [4.78, 5) is 27.6. The molecule has 8 heteroatoms. The van der Waals surface area contributed by atoms with Crippen LogP contribution in [0.1, 0.15) is 30.4 Å². The normalized spacial score (nSPS) is 26.7. The van der Waals surface area contributed by atoms with Gasteiger partial charge in [-0.2, -0.15) is 0 Å². The van der Waals surface area contributed by atoms with Crippen LogP contribution in [-0.2, 0) is 27.1 Å². The van der Waals surface area contributed by atoms with Crippen molar-refractivity contribution in [3.63, 3.8) is 0 Å². The number of nitrogens with one attached hydrogen (secondary N) is 2. The van der Waals surface area contributed by atoms with Crippen LogP contribution in [0.25, 0.3) is 0 Å². The van der Waals surface area contributed by atoms with Crippen LogP contribution in [0.15, 0.2) is 54.6 Å². The lowest BCUT2D eigenvalue weighted by Gasteiger charge is -2.44. The Morgan fingerprint density at radius 3 is 2.43 bits per heavy atom. The second kappa shape index (κ2) is 10.8. The molecular weight excluding hydrogens is 446 g/mol. The van der Waals surface area contributed by atoms with E-state index in [1.54, 1.807) is 4.90 Å². The number of fused-ring (bicyclic) bond motifs is 2. The van der Waals surface area contributed by atoms with Crippen molar-refractivity contribution in [2.45, 2.75) is 62.5 Å². The average molecular weight is 480 g/mol. The number of anilines is 1. The maximum absolute atomic E-state index is 13.1. The van der Waals surface area contributed by atoms with Crippen molar-refractivity contribution in [3.05, 3.63) is 65.7 Å². The summed E-state index contributed by atoms with van der Waals surface area (Å²) < 4.78 is 12.0. The number of para-hydroxylation sites is 1. The molecule has 0 aromatic heterocycles. The zero-order valence-corrected chi connectivity index (χ0v) is 19.8. The molecule has 35 heavy (non-hydrogen) atoms. The summed E-state index contributed by atoms with van der Waals surface area (Å²) in [6.07, 6.45) is 1.99. The predicted octanol–water partition coefficient (Wildman–Crippen LogP) is 2.50. The van der Waals surface area contributed by atoms with Crippen molar-refractivity contribution in [3.8, 4) is 0 Å². The van der Waals surface area contributed by atoms with Gasteiger partial charge in [0.05, 0.1) is 44.4 Å². The summed E-state index contributed by atoms with van der Waals surface area (Å²) >= 11 is 0. The number of hydrogen-bond donors (Lipinski definition) is 3. The molecule has 8 nitrogen and oxygen atoms in total. The molecule has 2 aromatic carbocycles. The number of carbonyl (C=O) groups is 2. The van der Waals surface area contributed by atoms with E-state index < -0.39 is 6.10 Å². The summed E-state index contributed by atoms with van der Waals surface area (Å²) in [6.45, 7) is 0.568. The Hall–Kier alpha value is -2.94. The van der Waals surface area contributed by atoms with Gasteiger partial charge in [0.25, 0.3) is 0 Å². The molecule has 0 spiro atoms. The zero-order chi connectivity index (χ0) is 24.2. The molecule has 2 heterocycles. The molecule has 1 aliphatic carbocycles. The van der Waals surface area contributed by atoms with E-state index in [1.807, 2.05) is 42.5 Å². The first-order valence-corrected chi connectivity index (χ1v) is 12.4. The summed E-state index contributed by atoms with van der Waals surface area (Å²) in [5.74, 6) is -0.00730. The Balaban J connectivity index is 1.18. The third kappa shape index (κ3) is 5.83. The standard InChI is InChI=1S/C27H33N3O5/c31-22-15-30(27(33)29-20-8-2-1-3-9-20)24-11-10-23(35-25(24)17-34-16-22)14-26(32)28-21-12-18-6-4-5-7-19(18)13-21/h1-9,21-25,31H,10-17H2,(H,28,32)(H,29,33)/t22-,23-,24-,25+/m0/s1. The number of β-amino-alcohol motifs (C(OH)–C–C–N with tert-alkyl or cyclic N) is 1. The summed E-state index contributed by atoms with van der Waals surface area (Å²) in [7, 11) is 0. The molecule has 2 aliphatic heterocycles. The molecular formula is C27H33N3O5. The van der Waals surface area contributed by atoms with E-state index in [9.17, 15) is 14.7 Å². The topological polar surface area (TPSA) is 100 Å². The highest BCUT2D eigenvalue weighted by molar-refractivity contribution is 5.89. The molecule has 2 saturated heterocycles. The first kappa shape index (κ1) is 23.8. The van der Waals surface area contributed by atoms with Crippen molar-refractivity contribution in [2.24, 2.45) is 0 Å². The van der Waals surface area contributed by atoms with E-state index >= 15 is 0 Å². The number of amides is 3. The van der Waals surface area contributed by atoms with E-state index in [4.69, 9.17) is 9.47 Å². The lowest BCUT2D eigenvalue weighted by molar-refractivity contribution is -0.150. The fourth-order valence-corrected chi connectivity index (χ4v) is 5.45. The van der Waals surface area contributed by atoms with Gasteiger partial charge in [-0.3, -0.25) is 4.79 Å². The van der Waals surface area contributed by atoms with Gasteiger partial charge < -0.3 is 30.1 Å². The van der Waals surface area contributed by atoms with Crippen LogP contribution in [-0.4, -0.2) is 72.1 Å². The highest BCUT2D eigenvalue weighted by Gasteiger charge is 2.40. The third-order valence-corrected chi connectivity index (χ3v) is 7.10. The second-order valence-electron chi connectivity index (χ2n) is 9.73. The molecule has 2 fully saturated rings. The molecule has 3 N–H and O–H groups in total. The minimum atomic E-state index is -0.767. The van der Waals surface area contributed by atoms with E-state index in [0.717, 1.165) is 12.8 Å². The van der Waals surface area contributed by atoms with Gasteiger partial charge in [0.1, 0.15) is 6.10 Å². The van der Waals surface area contributed by atoms with Crippen molar-refractivity contribution in [2.75, 3.05) is 25.1 Å². The Morgan fingerprint density at radius 1 is 0.971 bits per heavy atom. The van der Waals surface area contributed by atoms with Crippen LogP contribution in [0.4, 0.5) is 10.5 Å². The number of ether oxygens (including phenoxy) is 2. The number of nitrogens with zero attached hydrogens (tertiary/aromatic N) is 1. The lowest BCUT2D eigenvalue weighted by atomic mass is 9.95. The second-order valence-corrected chi connectivity index (χ2v) is 9.73. The average Bonchev–Trinajstić information content (AvgIpc) is 3.24. The van der Waals surface area contributed by atoms with Crippen LogP contribution in [0.3, 0.4) is 0 Å². The zero-order valence-electron chi connectivity index (χ0n) is 19.8. The minimum absolute atomic E-state index is 0.00730. The molecule has 2 aromatic rings. The molecule has 3 amide bonds. The van der Waals surface area contributed by atoms with Gasteiger partial charge in [0.15, 0.2) is 0 Å². The van der Waals surface area contributed by atoms with Gasteiger partial charge in [-0.05, 0) is 48.9 Å². The minimum Gasteiger partial charge on any atom is -0.389 e. The van der Waals surface area contributed by atoms with Crippen LogP contribution in [0, 0.1) is 0 Å². The van der Waals surface area contributed by atoms with Gasteiger partial charge in [0.2, 0.25) is 5.91 Å². The fourth-order valence-electron chi connectivity index (χ4n) is 5.45. The molecule has 0 unspecified atom stereocenters. The van der Waals surface area contributed by atoms with Crippen molar-refractivity contribution >= 4 is 17.6 Å². The Labute approximate surface area is 205 Å². The largest absolute Gasteiger partial charge is 0.389 e. The highest BCUT2D eigenvalue weighted by atomic mass is 16.5. The SMILES string of the molecule is O=C(C[C@@H]1CC[C@H]2[C@@H](COC[C@@H](O)CN2C(=O)Nc2ccccc2)O1)NC1Cc2ccccc2C1. The summed E-state index contributed by atoms with van der Waals surface area (Å²) in [5.41, 5.74) is 3.30. The third-order valence-electron chi connectivity index (χ3n) is 7.10. The van der Waals surface area contributed by atoms with E-state index in [2.05, 4.69) is 22.8 Å². The quantitative estimate of drug-likeness (QED) is 0.626. The van der Waals surface area contributed by atoms with Crippen LogP contribution in [0.5, 0.6) is 0 Å². The molecule has 186 valence electrons. The number of aliphatic hydroxyl groups is 1. The maximum Gasteiger partial charge on any atom is 0.322 e. The molecule has 5 rings (SSSR count). The monoisotopic (exact) mass is 479 g/mol. The van der Waals surface area contributed by atoms with E-state index in [1.165, 1.54) is 11.1 Å². The molecule has 0 bridgehead atoms. The number of aliphatic hydroxyl groups excluding tert-OH is 1. The van der Waals surface area contributed by atoms with Crippen molar-refractivity contribution < 1.29 is 24.2 Å². The smallest absolute Gasteiger partial charge is 0.322 e. The molecule has 0 saturated carbocycles. The van der Waals surface area contributed by atoms with E-state index in [-0.39, 0.29) is 62.4 Å². The Kier molecular flexibility index (Phi) is 7.32.